The van der Waals surface area contributed by atoms with E-state index in [1.807, 2.05) is 26.0 Å². The van der Waals surface area contributed by atoms with Crippen molar-refractivity contribution in [2.24, 2.45) is 0 Å². The Labute approximate surface area is 132 Å². The summed E-state index contributed by atoms with van der Waals surface area (Å²) in [5.74, 6) is -0.316. The average molecular weight is 372 g/mol. The smallest absolute Gasteiger partial charge is 0.263 e. The molecule has 2 aromatic carbocycles. The minimum Gasteiger partial charge on any atom is -0.279 e. The number of halogens is 2. The van der Waals surface area contributed by atoms with Crippen molar-refractivity contribution in [1.82, 2.24) is 0 Å². The van der Waals surface area contributed by atoms with Crippen molar-refractivity contribution in [3.05, 3.63) is 58.3 Å². The fraction of sp³-hybridized carbons (Fsp3) is 0.200. The van der Waals surface area contributed by atoms with Gasteiger partial charge in [-0.1, -0.05) is 32.0 Å². The second-order valence-corrected chi connectivity index (χ2v) is 7.43. The highest BCUT2D eigenvalue weighted by Crippen LogP contribution is 2.29. The zero-order valence-corrected chi connectivity index (χ0v) is 14.0. The Bertz CT molecular complexity index is 760. The lowest BCUT2D eigenvalue weighted by molar-refractivity contribution is 0.599. The molecule has 1 N–H and O–H groups in total. The Morgan fingerprint density at radius 3 is 2.43 bits per heavy atom. The molecule has 0 saturated carbocycles. The summed E-state index contributed by atoms with van der Waals surface area (Å²) < 4.78 is 40.7. The molecule has 0 radical (unpaired) electrons. The van der Waals surface area contributed by atoms with Crippen molar-refractivity contribution in [1.29, 1.82) is 0 Å². The molecule has 0 fully saturated rings. The van der Waals surface area contributed by atoms with E-state index in [1.165, 1.54) is 6.07 Å². The van der Waals surface area contributed by atoms with Gasteiger partial charge in [0.25, 0.3) is 10.0 Å². The Morgan fingerprint density at radius 2 is 1.81 bits per heavy atom. The van der Waals surface area contributed by atoms with Crippen LogP contribution in [0.15, 0.2) is 51.8 Å². The molecule has 0 aliphatic carbocycles. The van der Waals surface area contributed by atoms with E-state index < -0.39 is 15.8 Å². The van der Waals surface area contributed by atoms with E-state index >= 15 is 0 Å². The molecular formula is C15H15BrFNO2S. The summed E-state index contributed by atoms with van der Waals surface area (Å²) in [6, 6.07) is 10.7. The lowest BCUT2D eigenvalue weighted by Gasteiger charge is -2.15. The summed E-state index contributed by atoms with van der Waals surface area (Å²) >= 11 is 3.08. The number of sulfonamides is 1. The van der Waals surface area contributed by atoms with Crippen LogP contribution in [0.25, 0.3) is 0 Å². The van der Waals surface area contributed by atoms with E-state index in [9.17, 15) is 12.8 Å². The molecule has 0 aromatic heterocycles. The van der Waals surface area contributed by atoms with Crippen LogP contribution in [0.4, 0.5) is 10.1 Å². The summed E-state index contributed by atoms with van der Waals surface area (Å²) in [5.41, 5.74) is 1.43. The van der Waals surface area contributed by atoms with Gasteiger partial charge in [0.15, 0.2) is 0 Å². The zero-order valence-electron chi connectivity index (χ0n) is 11.6. The first-order valence-electron chi connectivity index (χ1n) is 6.38. The van der Waals surface area contributed by atoms with E-state index in [0.717, 1.165) is 17.7 Å². The van der Waals surface area contributed by atoms with Gasteiger partial charge in [0.1, 0.15) is 10.7 Å². The van der Waals surface area contributed by atoms with Crippen LogP contribution in [0.2, 0.25) is 0 Å². The predicted octanol–water partition coefficient (Wildman–Crippen LogP) is 4.51. The molecule has 2 rings (SSSR count). The summed E-state index contributed by atoms with van der Waals surface area (Å²) in [6.07, 6.45) is 0. The molecule has 21 heavy (non-hydrogen) atoms. The predicted molar refractivity (Wildman–Crippen MR) is 85.4 cm³/mol. The fourth-order valence-corrected chi connectivity index (χ4v) is 4.12. The Kier molecular flexibility index (Phi) is 4.68. The van der Waals surface area contributed by atoms with Gasteiger partial charge in [0.05, 0.1) is 5.69 Å². The van der Waals surface area contributed by atoms with E-state index in [2.05, 4.69) is 20.7 Å². The standard InChI is InChI=1S/C15H15BrFNO2S/c1-10(2)12-5-3-4-6-14(12)18-21(19,20)15-8-7-11(17)9-13(15)16/h3-10,18H,1-2H3. The fourth-order valence-electron chi connectivity index (χ4n) is 1.99. The molecule has 0 bridgehead atoms. The lowest BCUT2D eigenvalue weighted by atomic mass is 10.0. The van der Waals surface area contributed by atoms with Crippen LogP contribution in [-0.4, -0.2) is 8.42 Å². The van der Waals surface area contributed by atoms with Crippen LogP contribution in [-0.2, 0) is 10.0 Å². The molecule has 6 heteroatoms. The molecule has 0 spiro atoms. The first-order valence-corrected chi connectivity index (χ1v) is 8.65. The van der Waals surface area contributed by atoms with Crippen molar-refractivity contribution < 1.29 is 12.8 Å². The van der Waals surface area contributed by atoms with E-state index in [0.29, 0.717) is 5.69 Å². The third-order valence-corrected chi connectivity index (χ3v) is 5.35. The second-order valence-electron chi connectivity index (χ2n) is 4.92. The van der Waals surface area contributed by atoms with Crippen molar-refractivity contribution >= 4 is 31.6 Å². The third-order valence-electron chi connectivity index (χ3n) is 3.01. The van der Waals surface area contributed by atoms with Gasteiger partial charge in [0.2, 0.25) is 0 Å². The monoisotopic (exact) mass is 371 g/mol. The molecule has 0 aliphatic heterocycles. The molecule has 0 unspecified atom stereocenters. The topological polar surface area (TPSA) is 46.2 Å². The van der Waals surface area contributed by atoms with Gasteiger partial charge in [0, 0.05) is 4.47 Å². The van der Waals surface area contributed by atoms with Crippen molar-refractivity contribution in [3.63, 3.8) is 0 Å². The van der Waals surface area contributed by atoms with Gasteiger partial charge in [-0.05, 0) is 51.7 Å². The van der Waals surface area contributed by atoms with Gasteiger partial charge in [-0.2, -0.15) is 0 Å². The van der Waals surface area contributed by atoms with Gasteiger partial charge in [-0.15, -0.1) is 0 Å². The van der Waals surface area contributed by atoms with E-state index in [-0.39, 0.29) is 15.3 Å². The van der Waals surface area contributed by atoms with Crippen LogP contribution < -0.4 is 4.72 Å². The number of hydrogen-bond donors (Lipinski definition) is 1. The Hall–Kier alpha value is -1.40. The second kappa shape index (κ2) is 6.15. The highest BCUT2D eigenvalue weighted by molar-refractivity contribution is 9.10. The first kappa shape index (κ1) is 16.0. The Balaban J connectivity index is 2.43. The summed E-state index contributed by atoms with van der Waals surface area (Å²) in [5, 5.41) is 0. The third kappa shape index (κ3) is 3.63. The van der Waals surface area contributed by atoms with Gasteiger partial charge in [-0.3, -0.25) is 4.72 Å². The molecule has 0 aliphatic rings. The highest BCUT2D eigenvalue weighted by Gasteiger charge is 2.20. The summed E-state index contributed by atoms with van der Waals surface area (Å²) in [4.78, 5) is 0.00228. The number of benzene rings is 2. The lowest BCUT2D eigenvalue weighted by Crippen LogP contribution is -2.15. The van der Waals surface area contributed by atoms with Crippen LogP contribution in [0, 0.1) is 5.82 Å². The summed E-state index contributed by atoms with van der Waals surface area (Å²) in [7, 11) is -3.78. The molecule has 112 valence electrons. The van der Waals surface area contributed by atoms with Gasteiger partial charge >= 0.3 is 0 Å². The molecule has 0 saturated heterocycles. The largest absolute Gasteiger partial charge is 0.279 e. The average Bonchev–Trinajstić information content (AvgIpc) is 2.37. The normalized spacial score (nSPS) is 11.7. The Morgan fingerprint density at radius 1 is 1.14 bits per heavy atom. The van der Waals surface area contributed by atoms with Crippen LogP contribution in [0.3, 0.4) is 0 Å². The van der Waals surface area contributed by atoms with Gasteiger partial charge in [-0.25, -0.2) is 12.8 Å². The quantitative estimate of drug-likeness (QED) is 0.858. The molecule has 0 atom stereocenters. The highest BCUT2D eigenvalue weighted by atomic mass is 79.9. The minimum absolute atomic E-state index is 0.00228. The maximum atomic E-state index is 13.1. The van der Waals surface area contributed by atoms with Crippen molar-refractivity contribution in [2.45, 2.75) is 24.7 Å². The summed E-state index contributed by atoms with van der Waals surface area (Å²) in [6.45, 7) is 3.97. The maximum absolute atomic E-state index is 13.1. The number of hydrogen-bond acceptors (Lipinski definition) is 2. The molecule has 3 nitrogen and oxygen atoms in total. The number of rotatable bonds is 4. The maximum Gasteiger partial charge on any atom is 0.263 e. The molecule has 2 aromatic rings. The molecule has 0 amide bonds. The van der Waals surface area contributed by atoms with Crippen molar-refractivity contribution in [2.75, 3.05) is 4.72 Å². The zero-order chi connectivity index (χ0) is 15.6. The molecule has 0 heterocycles. The van der Waals surface area contributed by atoms with Crippen LogP contribution in [0.1, 0.15) is 25.3 Å². The van der Waals surface area contributed by atoms with Gasteiger partial charge < -0.3 is 0 Å². The van der Waals surface area contributed by atoms with Crippen molar-refractivity contribution in [3.8, 4) is 0 Å². The number of nitrogens with one attached hydrogen (secondary N) is 1. The first-order chi connectivity index (χ1) is 9.81. The van der Waals surface area contributed by atoms with E-state index in [1.54, 1.807) is 12.1 Å². The number of anilines is 1. The number of para-hydroxylation sites is 1. The van der Waals surface area contributed by atoms with Crippen LogP contribution >= 0.6 is 15.9 Å². The van der Waals surface area contributed by atoms with Crippen LogP contribution in [0.5, 0.6) is 0 Å². The minimum atomic E-state index is -3.78. The van der Waals surface area contributed by atoms with E-state index in [4.69, 9.17) is 0 Å². The SMILES string of the molecule is CC(C)c1ccccc1NS(=O)(=O)c1ccc(F)cc1Br. The molecular weight excluding hydrogens is 357 g/mol.